The second-order valence-electron chi connectivity index (χ2n) is 4.51. The van der Waals surface area contributed by atoms with E-state index in [1.807, 2.05) is 4.72 Å². The van der Waals surface area contributed by atoms with Gasteiger partial charge in [-0.2, -0.15) is 0 Å². The van der Waals surface area contributed by atoms with Gasteiger partial charge in [-0.1, -0.05) is 12.1 Å². The Balaban J connectivity index is 2.24. The average molecular weight is 325 g/mol. The van der Waals surface area contributed by atoms with Crippen molar-refractivity contribution < 1.29 is 22.7 Å². The monoisotopic (exact) mass is 325 g/mol. The topological polar surface area (TPSA) is 105 Å². The predicted octanol–water partition coefficient (Wildman–Crippen LogP) is 0.596. The van der Waals surface area contributed by atoms with Crippen LogP contribution in [0.25, 0.3) is 0 Å². The van der Waals surface area contributed by atoms with Crippen molar-refractivity contribution >= 4 is 22.0 Å². The van der Waals surface area contributed by atoms with Crippen LogP contribution in [0.1, 0.15) is 17.3 Å². The molecule has 22 heavy (non-hydrogen) atoms. The van der Waals surface area contributed by atoms with Crippen molar-refractivity contribution in [1.29, 1.82) is 0 Å². The van der Waals surface area contributed by atoms with Gasteiger partial charge in [0.2, 0.25) is 0 Å². The van der Waals surface area contributed by atoms with Crippen LogP contribution in [0.3, 0.4) is 0 Å². The second-order valence-corrected chi connectivity index (χ2v) is 6.16. The molecule has 1 aromatic rings. The number of esters is 1. The fourth-order valence-corrected chi connectivity index (χ4v) is 3.02. The molecular weight excluding hydrogens is 310 g/mol. The number of methoxy groups -OCH3 is 1. The van der Waals surface area contributed by atoms with Crippen LogP contribution in [0.2, 0.25) is 0 Å². The fraction of sp³-hybridized carbons (Fsp3) is 0.231. The smallest absolute Gasteiger partial charge is 0.350 e. The number of ether oxygens (including phenoxy) is 1. The van der Waals surface area contributed by atoms with Crippen molar-refractivity contribution in [2.24, 2.45) is 0 Å². The number of hydrazine groups is 1. The number of rotatable bonds is 3. The summed E-state index contributed by atoms with van der Waals surface area (Å²) in [5.41, 5.74) is 3.30. The van der Waals surface area contributed by atoms with E-state index in [9.17, 15) is 18.0 Å². The van der Waals surface area contributed by atoms with Crippen molar-refractivity contribution in [1.82, 2.24) is 15.2 Å². The predicted molar refractivity (Wildman–Crippen MR) is 77.1 cm³/mol. The van der Waals surface area contributed by atoms with Gasteiger partial charge in [0, 0.05) is 5.70 Å². The molecule has 2 rings (SSSR count). The zero-order valence-corrected chi connectivity index (χ0v) is 12.8. The second kappa shape index (κ2) is 6.06. The fourth-order valence-electron chi connectivity index (χ4n) is 1.87. The Kier molecular flexibility index (Phi) is 4.36. The van der Waals surface area contributed by atoms with Gasteiger partial charge in [-0.15, -0.1) is 0 Å². The van der Waals surface area contributed by atoms with Crippen LogP contribution in [-0.4, -0.2) is 39.1 Å². The standard InChI is InChI=1S/C13H15N3O5S/c1-9-7-8-16(14-9)13(18)15-22(19,20)11-6-4-3-5-10(11)12(17)21-2/h3-7,14H,8H2,1-2H3,(H,15,18). The Morgan fingerprint density at radius 3 is 2.59 bits per heavy atom. The zero-order chi connectivity index (χ0) is 16.3. The summed E-state index contributed by atoms with van der Waals surface area (Å²) in [7, 11) is -3.06. The molecule has 9 heteroatoms. The van der Waals surface area contributed by atoms with Crippen LogP contribution in [0.15, 0.2) is 40.9 Å². The van der Waals surface area contributed by atoms with Crippen molar-refractivity contribution in [3.63, 3.8) is 0 Å². The highest BCUT2D eigenvalue weighted by Gasteiger charge is 2.27. The number of allylic oxidation sites excluding steroid dienone is 1. The number of urea groups is 1. The molecule has 2 amide bonds. The molecule has 0 atom stereocenters. The molecule has 0 aromatic heterocycles. The molecule has 8 nitrogen and oxygen atoms in total. The van der Waals surface area contributed by atoms with E-state index in [1.54, 1.807) is 13.0 Å². The zero-order valence-electron chi connectivity index (χ0n) is 12.0. The highest BCUT2D eigenvalue weighted by molar-refractivity contribution is 7.90. The summed E-state index contributed by atoms with van der Waals surface area (Å²) in [6.07, 6.45) is 1.73. The van der Waals surface area contributed by atoms with Gasteiger partial charge in [0.05, 0.1) is 19.2 Å². The van der Waals surface area contributed by atoms with Crippen molar-refractivity contribution in [3.05, 3.63) is 41.6 Å². The SMILES string of the molecule is COC(=O)c1ccccc1S(=O)(=O)NC(=O)N1CC=C(C)N1. The number of benzene rings is 1. The van der Waals surface area contributed by atoms with Crippen LogP contribution in [0.4, 0.5) is 4.79 Å². The van der Waals surface area contributed by atoms with E-state index in [0.29, 0.717) is 0 Å². The average Bonchev–Trinajstić information content (AvgIpc) is 2.93. The third kappa shape index (κ3) is 3.19. The molecular formula is C13H15N3O5S. The van der Waals surface area contributed by atoms with E-state index in [2.05, 4.69) is 10.2 Å². The molecule has 0 aliphatic carbocycles. The van der Waals surface area contributed by atoms with Crippen molar-refractivity contribution in [2.75, 3.05) is 13.7 Å². The Labute approximate surface area is 127 Å². The number of hydrogen-bond acceptors (Lipinski definition) is 6. The summed E-state index contributed by atoms with van der Waals surface area (Å²) in [5.74, 6) is -0.801. The maximum absolute atomic E-state index is 12.3. The van der Waals surface area contributed by atoms with Crippen LogP contribution < -0.4 is 10.1 Å². The lowest BCUT2D eigenvalue weighted by atomic mass is 10.2. The van der Waals surface area contributed by atoms with E-state index >= 15 is 0 Å². The lowest BCUT2D eigenvalue weighted by Crippen LogP contribution is -2.46. The van der Waals surface area contributed by atoms with E-state index < -0.39 is 22.0 Å². The minimum Gasteiger partial charge on any atom is -0.465 e. The molecule has 2 N–H and O–H groups in total. The molecule has 0 unspecified atom stereocenters. The number of carbonyl (C=O) groups is 2. The van der Waals surface area contributed by atoms with Crippen LogP contribution in [0.5, 0.6) is 0 Å². The first-order chi connectivity index (χ1) is 10.3. The first-order valence-electron chi connectivity index (χ1n) is 6.30. The molecule has 0 radical (unpaired) electrons. The highest BCUT2D eigenvalue weighted by Crippen LogP contribution is 2.16. The van der Waals surface area contributed by atoms with Crippen LogP contribution in [-0.2, 0) is 14.8 Å². The molecule has 1 aliphatic rings. The first kappa shape index (κ1) is 15.8. The largest absolute Gasteiger partial charge is 0.465 e. The van der Waals surface area contributed by atoms with Gasteiger partial charge in [0.25, 0.3) is 10.0 Å². The number of nitrogens with one attached hydrogen (secondary N) is 2. The molecule has 1 aromatic carbocycles. The van der Waals surface area contributed by atoms with E-state index in [1.165, 1.54) is 24.3 Å². The number of nitrogens with zero attached hydrogens (tertiary/aromatic N) is 1. The lowest BCUT2D eigenvalue weighted by molar-refractivity contribution is 0.0596. The summed E-state index contributed by atoms with van der Waals surface area (Å²) < 4.78 is 31.1. The normalized spacial score (nSPS) is 14.1. The van der Waals surface area contributed by atoms with Gasteiger partial charge in [-0.3, -0.25) is 5.43 Å². The molecule has 0 fully saturated rings. The molecule has 0 spiro atoms. The summed E-state index contributed by atoms with van der Waals surface area (Å²) in [4.78, 5) is 23.3. The Hall–Kier alpha value is -2.55. The van der Waals surface area contributed by atoms with E-state index in [-0.39, 0.29) is 17.0 Å². The van der Waals surface area contributed by atoms with Gasteiger partial charge < -0.3 is 4.74 Å². The van der Waals surface area contributed by atoms with Gasteiger partial charge in [0.15, 0.2) is 0 Å². The highest BCUT2D eigenvalue weighted by atomic mass is 32.2. The van der Waals surface area contributed by atoms with Gasteiger partial charge in [-0.05, 0) is 25.1 Å². The van der Waals surface area contributed by atoms with Gasteiger partial charge in [0.1, 0.15) is 4.90 Å². The van der Waals surface area contributed by atoms with E-state index in [0.717, 1.165) is 17.8 Å². The van der Waals surface area contributed by atoms with E-state index in [4.69, 9.17) is 0 Å². The third-order valence-electron chi connectivity index (χ3n) is 2.94. The quantitative estimate of drug-likeness (QED) is 0.788. The number of amides is 2. The minimum atomic E-state index is -4.21. The molecule has 0 saturated heterocycles. The van der Waals surface area contributed by atoms with Crippen molar-refractivity contribution in [2.45, 2.75) is 11.8 Å². The number of carbonyl (C=O) groups excluding carboxylic acids is 2. The first-order valence-corrected chi connectivity index (χ1v) is 7.78. The van der Waals surface area contributed by atoms with Crippen molar-refractivity contribution in [3.8, 4) is 0 Å². The molecule has 1 heterocycles. The number of hydrogen-bond donors (Lipinski definition) is 2. The molecule has 118 valence electrons. The van der Waals surface area contributed by atoms with Crippen LogP contribution in [0, 0.1) is 0 Å². The Morgan fingerprint density at radius 1 is 1.32 bits per heavy atom. The van der Waals surface area contributed by atoms with Gasteiger partial charge >= 0.3 is 12.0 Å². The minimum absolute atomic E-state index is 0.144. The summed E-state index contributed by atoms with van der Waals surface area (Å²) in [5, 5.41) is 1.10. The van der Waals surface area contributed by atoms with Crippen LogP contribution >= 0.6 is 0 Å². The maximum atomic E-state index is 12.3. The lowest BCUT2D eigenvalue weighted by Gasteiger charge is -2.18. The maximum Gasteiger partial charge on any atom is 0.350 e. The molecule has 0 saturated carbocycles. The Morgan fingerprint density at radius 2 is 2.00 bits per heavy atom. The summed E-state index contributed by atoms with van der Waals surface area (Å²) >= 11 is 0. The summed E-state index contributed by atoms with van der Waals surface area (Å²) in [6, 6.07) is 4.65. The van der Waals surface area contributed by atoms with Gasteiger partial charge in [-0.25, -0.2) is 27.7 Å². The third-order valence-corrected chi connectivity index (χ3v) is 4.32. The summed E-state index contributed by atoms with van der Waals surface area (Å²) in [6.45, 7) is 1.99. The molecule has 1 aliphatic heterocycles. The number of sulfonamides is 1. The Bertz CT molecular complexity index is 742. The molecule has 0 bridgehead atoms.